The van der Waals surface area contributed by atoms with Gasteiger partial charge in [-0.05, 0) is 42.7 Å². The molecule has 3 rings (SSSR count). The molecule has 2 aromatic rings. The minimum atomic E-state index is -0.315. The Bertz CT molecular complexity index is 821. The van der Waals surface area contributed by atoms with Gasteiger partial charge in [-0.1, -0.05) is 24.3 Å². The average Bonchev–Trinajstić information content (AvgIpc) is 3.20. The van der Waals surface area contributed by atoms with Crippen molar-refractivity contribution in [2.75, 3.05) is 25.9 Å². The molecule has 0 unspecified atom stereocenters. The van der Waals surface area contributed by atoms with Crippen LogP contribution in [0.4, 0.5) is 4.39 Å². The molecule has 1 aliphatic heterocycles. The molecule has 0 spiro atoms. The molecule has 142 valence electrons. The van der Waals surface area contributed by atoms with Crippen LogP contribution in [0.3, 0.4) is 0 Å². The number of amides is 2. The van der Waals surface area contributed by atoms with Crippen LogP contribution in [0.1, 0.15) is 28.8 Å². The lowest BCUT2D eigenvalue weighted by molar-refractivity contribution is -0.127. The molecule has 1 fully saturated rings. The lowest BCUT2D eigenvalue weighted by Crippen LogP contribution is -2.29. The molecule has 0 aromatic heterocycles. The standard InChI is InChI=1S/C21H23FN2O2S/c1-23(14-16-7-6-8-17(22)13-16)21(26)18-9-2-3-10-19(18)27-15-20(25)24-11-4-5-12-24/h2-3,6-10,13H,4-5,11-12,14-15H2,1H3. The van der Waals surface area contributed by atoms with Gasteiger partial charge in [0.05, 0.1) is 11.3 Å². The summed E-state index contributed by atoms with van der Waals surface area (Å²) in [6.07, 6.45) is 2.13. The minimum absolute atomic E-state index is 0.118. The molecule has 0 N–H and O–H groups in total. The first-order valence-electron chi connectivity index (χ1n) is 9.04. The number of benzene rings is 2. The third-order valence-corrected chi connectivity index (χ3v) is 5.64. The van der Waals surface area contributed by atoms with E-state index in [0.717, 1.165) is 36.4 Å². The second kappa shape index (κ2) is 9.04. The molecule has 1 saturated heterocycles. The van der Waals surface area contributed by atoms with Crippen LogP contribution in [0.25, 0.3) is 0 Å². The van der Waals surface area contributed by atoms with Gasteiger partial charge < -0.3 is 9.80 Å². The summed E-state index contributed by atoms with van der Waals surface area (Å²) in [4.78, 5) is 29.4. The van der Waals surface area contributed by atoms with E-state index in [4.69, 9.17) is 0 Å². The monoisotopic (exact) mass is 386 g/mol. The molecule has 6 heteroatoms. The minimum Gasteiger partial charge on any atom is -0.342 e. The van der Waals surface area contributed by atoms with Crippen molar-refractivity contribution in [2.45, 2.75) is 24.3 Å². The van der Waals surface area contributed by atoms with Crippen molar-refractivity contribution >= 4 is 23.6 Å². The number of thioether (sulfide) groups is 1. The van der Waals surface area contributed by atoms with E-state index < -0.39 is 0 Å². The molecule has 4 nitrogen and oxygen atoms in total. The first-order chi connectivity index (χ1) is 13.0. The van der Waals surface area contributed by atoms with Gasteiger partial charge in [0.25, 0.3) is 5.91 Å². The highest BCUT2D eigenvalue weighted by Crippen LogP contribution is 2.25. The van der Waals surface area contributed by atoms with Gasteiger partial charge >= 0.3 is 0 Å². The Balaban J connectivity index is 1.66. The van der Waals surface area contributed by atoms with E-state index in [-0.39, 0.29) is 17.6 Å². The number of nitrogens with zero attached hydrogens (tertiary/aromatic N) is 2. The summed E-state index contributed by atoms with van der Waals surface area (Å²) in [7, 11) is 1.70. The zero-order valence-corrected chi connectivity index (χ0v) is 16.2. The van der Waals surface area contributed by atoms with E-state index in [0.29, 0.717) is 17.9 Å². The van der Waals surface area contributed by atoms with Gasteiger partial charge in [-0.25, -0.2) is 4.39 Å². The maximum atomic E-state index is 13.4. The van der Waals surface area contributed by atoms with Crippen LogP contribution < -0.4 is 0 Å². The first kappa shape index (κ1) is 19.4. The zero-order chi connectivity index (χ0) is 19.2. The normalized spacial score (nSPS) is 13.6. The van der Waals surface area contributed by atoms with Crippen molar-refractivity contribution < 1.29 is 14.0 Å². The van der Waals surface area contributed by atoms with Gasteiger partial charge in [-0.2, -0.15) is 0 Å². The Kier molecular flexibility index (Phi) is 6.50. The van der Waals surface area contributed by atoms with E-state index in [1.807, 2.05) is 23.1 Å². The van der Waals surface area contributed by atoms with Crippen LogP contribution in [0.15, 0.2) is 53.4 Å². The van der Waals surface area contributed by atoms with Crippen molar-refractivity contribution in [3.8, 4) is 0 Å². The summed E-state index contributed by atoms with van der Waals surface area (Å²) in [5.74, 6) is -0.00802. The van der Waals surface area contributed by atoms with Crippen molar-refractivity contribution in [3.63, 3.8) is 0 Å². The third-order valence-electron chi connectivity index (χ3n) is 4.58. The SMILES string of the molecule is CN(Cc1cccc(F)c1)C(=O)c1ccccc1SCC(=O)N1CCCC1. The zero-order valence-electron chi connectivity index (χ0n) is 15.4. The van der Waals surface area contributed by atoms with Crippen molar-refractivity contribution in [1.29, 1.82) is 0 Å². The van der Waals surface area contributed by atoms with E-state index in [1.54, 1.807) is 30.1 Å². The molecule has 27 heavy (non-hydrogen) atoms. The Morgan fingerprint density at radius 1 is 1.11 bits per heavy atom. The highest BCUT2D eigenvalue weighted by atomic mass is 32.2. The Morgan fingerprint density at radius 3 is 2.59 bits per heavy atom. The quantitative estimate of drug-likeness (QED) is 0.709. The predicted octanol–water partition coefficient (Wildman–Crippen LogP) is 3.81. The summed E-state index contributed by atoms with van der Waals surface area (Å²) in [6, 6.07) is 13.6. The van der Waals surface area contributed by atoms with Crippen LogP contribution in [-0.2, 0) is 11.3 Å². The Hall–Kier alpha value is -2.34. The van der Waals surface area contributed by atoms with Crippen LogP contribution >= 0.6 is 11.8 Å². The smallest absolute Gasteiger partial charge is 0.255 e. The molecule has 2 aromatic carbocycles. The Morgan fingerprint density at radius 2 is 1.85 bits per heavy atom. The fraction of sp³-hybridized carbons (Fsp3) is 0.333. The molecule has 0 radical (unpaired) electrons. The Labute approximate surface area is 163 Å². The van der Waals surface area contributed by atoms with Gasteiger partial charge in [0.1, 0.15) is 5.82 Å². The topological polar surface area (TPSA) is 40.6 Å². The van der Waals surface area contributed by atoms with Crippen LogP contribution in [-0.4, -0.2) is 47.5 Å². The molecule has 1 aliphatic rings. The molecule has 0 atom stereocenters. The molecule has 2 amide bonds. The molecule has 1 heterocycles. The van der Waals surface area contributed by atoms with Crippen LogP contribution in [0, 0.1) is 5.82 Å². The summed E-state index contributed by atoms with van der Waals surface area (Å²) >= 11 is 1.40. The van der Waals surface area contributed by atoms with E-state index in [9.17, 15) is 14.0 Å². The maximum absolute atomic E-state index is 13.4. The third kappa shape index (κ3) is 5.10. The molecule has 0 bridgehead atoms. The highest BCUT2D eigenvalue weighted by Gasteiger charge is 2.20. The summed E-state index contributed by atoms with van der Waals surface area (Å²) in [6.45, 7) is 1.98. The van der Waals surface area contributed by atoms with Gasteiger partial charge in [-0.3, -0.25) is 9.59 Å². The maximum Gasteiger partial charge on any atom is 0.255 e. The fourth-order valence-corrected chi connectivity index (χ4v) is 4.10. The lowest BCUT2D eigenvalue weighted by atomic mass is 10.1. The number of hydrogen-bond acceptors (Lipinski definition) is 3. The van der Waals surface area contributed by atoms with E-state index >= 15 is 0 Å². The summed E-state index contributed by atoms with van der Waals surface area (Å²) in [5.41, 5.74) is 1.30. The number of carbonyl (C=O) groups excluding carboxylic acids is 2. The first-order valence-corrected chi connectivity index (χ1v) is 10.0. The number of halogens is 1. The second-order valence-electron chi connectivity index (χ2n) is 6.66. The fourth-order valence-electron chi connectivity index (χ4n) is 3.15. The highest BCUT2D eigenvalue weighted by molar-refractivity contribution is 8.00. The van der Waals surface area contributed by atoms with Crippen molar-refractivity contribution in [1.82, 2.24) is 9.80 Å². The lowest BCUT2D eigenvalue weighted by Gasteiger charge is -2.19. The van der Waals surface area contributed by atoms with Crippen molar-refractivity contribution in [3.05, 3.63) is 65.5 Å². The van der Waals surface area contributed by atoms with E-state index in [2.05, 4.69) is 0 Å². The second-order valence-corrected chi connectivity index (χ2v) is 7.68. The molecule has 0 aliphatic carbocycles. The van der Waals surface area contributed by atoms with E-state index in [1.165, 1.54) is 23.9 Å². The number of rotatable bonds is 6. The molecular weight excluding hydrogens is 363 g/mol. The number of carbonyl (C=O) groups is 2. The van der Waals surface area contributed by atoms with Gasteiger partial charge in [0.2, 0.25) is 5.91 Å². The summed E-state index contributed by atoms with van der Waals surface area (Å²) < 4.78 is 13.4. The largest absolute Gasteiger partial charge is 0.342 e. The molecule has 0 saturated carbocycles. The van der Waals surface area contributed by atoms with Crippen LogP contribution in [0.5, 0.6) is 0 Å². The molecular formula is C21H23FN2O2S. The van der Waals surface area contributed by atoms with Gasteiger partial charge in [0, 0.05) is 31.6 Å². The summed E-state index contributed by atoms with van der Waals surface area (Å²) in [5, 5.41) is 0. The van der Waals surface area contributed by atoms with Crippen LogP contribution in [0.2, 0.25) is 0 Å². The van der Waals surface area contributed by atoms with Gasteiger partial charge in [-0.15, -0.1) is 11.8 Å². The van der Waals surface area contributed by atoms with Gasteiger partial charge in [0.15, 0.2) is 0 Å². The predicted molar refractivity (Wildman–Crippen MR) is 105 cm³/mol. The number of hydrogen-bond donors (Lipinski definition) is 0. The van der Waals surface area contributed by atoms with Crippen molar-refractivity contribution in [2.24, 2.45) is 0 Å². The number of likely N-dealkylation sites (tertiary alicyclic amines) is 1. The average molecular weight is 386 g/mol.